The van der Waals surface area contributed by atoms with Crippen LogP contribution in [0.1, 0.15) is 41.0 Å². The van der Waals surface area contributed by atoms with E-state index in [2.05, 4.69) is 0 Å². The molecule has 0 aliphatic rings. The van der Waals surface area contributed by atoms with E-state index in [9.17, 15) is 15.0 Å². The summed E-state index contributed by atoms with van der Waals surface area (Å²) in [7, 11) is 0. The molecule has 0 saturated heterocycles. The number of aliphatic hydroxyl groups is 2. The van der Waals surface area contributed by atoms with Crippen molar-refractivity contribution in [1.82, 2.24) is 0 Å². The molecule has 0 amide bonds. The van der Waals surface area contributed by atoms with E-state index in [4.69, 9.17) is 50.4 Å². The number of ether oxygens (including phenoxy) is 1. The number of hydrogen-bond acceptors (Lipinski definition) is 5. The average molecular weight is 383 g/mol. The monoisotopic (exact) mass is 381 g/mol. The summed E-state index contributed by atoms with van der Waals surface area (Å²) in [5, 5.41) is 26.9. The largest absolute Gasteiger partial charge is 0.480 e. The van der Waals surface area contributed by atoms with Crippen LogP contribution in [0.2, 0.25) is 0 Å². The first-order valence-corrected chi connectivity index (χ1v) is 7.82. The molecule has 0 radical (unpaired) electrons. The van der Waals surface area contributed by atoms with Crippen LogP contribution in [0.15, 0.2) is 0 Å². The van der Waals surface area contributed by atoms with E-state index >= 15 is 0 Å². The predicted molar refractivity (Wildman–Crippen MR) is 88.2 cm³/mol. The first-order chi connectivity index (χ1) is 9.58. The van der Waals surface area contributed by atoms with Gasteiger partial charge in [0.1, 0.15) is 6.04 Å². The molecule has 0 bridgehead atoms. The van der Waals surface area contributed by atoms with Crippen LogP contribution < -0.4 is 5.73 Å². The number of nitrogens with two attached hydrogens (primary N) is 1. The van der Waals surface area contributed by atoms with Crippen LogP contribution in [0.3, 0.4) is 0 Å². The summed E-state index contributed by atoms with van der Waals surface area (Å²) in [5.41, 5.74) is 4.28. The van der Waals surface area contributed by atoms with E-state index in [0.29, 0.717) is 6.42 Å². The summed E-state index contributed by atoms with van der Waals surface area (Å²) < 4.78 is 3.12. The number of carboxylic acid groups (broad SMARTS) is 1. The average Bonchev–Trinajstić information content (AvgIpc) is 2.24. The van der Waals surface area contributed by atoms with Crippen molar-refractivity contribution in [2.75, 3.05) is 0 Å². The van der Waals surface area contributed by atoms with Gasteiger partial charge in [0.15, 0.2) is 0 Å². The molecule has 3 atom stereocenters. The predicted octanol–water partition coefficient (Wildman–Crippen LogP) is 2.30. The van der Waals surface area contributed by atoms with Crippen molar-refractivity contribution in [1.29, 1.82) is 0 Å². The second-order valence-corrected chi connectivity index (χ2v) is 8.33. The van der Waals surface area contributed by atoms with E-state index < -0.39 is 33.8 Å². The van der Waals surface area contributed by atoms with Gasteiger partial charge in [0.05, 0.1) is 11.7 Å². The standard InChI is InChI=1S/C8H15Cl3O3.C5H11NO2/c1-5(4-7(2,3)13)14-6(12)8(9,10)11;1-3(2)4(6)5(7)8/h5-6,12-13H,4H2,1-3H3;3-4H,6H2,1-2H3,(H,7,8)/t;4-/m.0/s1. The molecule has 9 heteroatoms. The maximum Gasteiger partial charge on any atom is 0.320 e. The summed E-state index contributed by atoms with van der Waals surface area (Å²) in [4.78, 5) is 10.0. The number of halogens is 3. The lowest BCUT2D eigenvalue weighted by Gasteiger charge is -2.27. The lowest BCUT2D eigenvalue weighted by Crippen LogP contribution is -2.35. The fourth-order valence-electron chi connectivity index (χ4n) is 1.33. The molecule has 0 aromatic rings. The summed E-state index contributed by atoms with van der Waals surface area (Å²) >= 11 is 16.2. The molecule has 5 N–H and O–H groups in total. The topological polar surface area (TPSA) is 113 Å². The van der Waals surface area contributed by atoms with Crippen molar-refractivity contribution in [3.63, 3.8) is 0 Å². The molecule has 0 aliphatic heterocycles. The van der Waals surface area contributed by atoms with Crippen molar-refractivity contribution in [3.8, 4) is 0 Å². The molecule has 0 rings (SSSR count). The van der Waals surface area contributed by atoms with E-state index in [-0.39, 0.29) is 5.92 Å². The maximum absolute atomic E-state index is 10.0. The minimum atomic E-state index is -1.87. The number of alkyl halides is 3. The Morgan fingerprint density at radius 3 is 1.82 bits per heavy atom. The number of hydrogen-bond donors (Lipinski definition) is 4. The van der Waals surface area contributed by atoms with Crippen molar-refractivity contribution < 1.29 is 24.9 Å². The third-order valence-corrected chi connectivity index (χ3v) is 2.99. The van der Waals surface area contributed by atoms with Gasteiger partial charge in [-0.1, -0.05) is 48.7 Å². The van der Waals surface area contributed by atoms with Crippen LogP contribution in [0.5, 0.6) is 0 Å². The highest BCUT2D eigenvalue weighted by molar-refractivity contribution is 6.67. The van der Waals surface area contributed by atoms with Crippen LogP contribution in [-0.4, -0.2) is 49.1 Å². The number of aliphatic carboxylic acids is 1. The second kappa shape index (κ2) is 10.1. The Morgan fingerprint density at radius 2 is 1.64 bits per heavy atom. The highest BCUT2D eigenvalue weighted by Crippen LogP contribution is 2.32. The first-order valence-electron chi connectivity index (χ1n) is 6.69. The Labute approximate surface area is 146 Å². The van der Waals surface area contributed by atoms with E-state index in [1.165, 1.54) is 0 Å². The van der Waals surface area contributed by atoms with Crippen LogP contribution in [0, 0.1) is 5.92 Å². The summed E-state index contributed by atoms with van der Waals surface area (Å²) in [6.45, 7) is 8.50. The summed E-state index contributed by atoms with van der Waals surface area (Å²) in [6, 6.07) is -0.713. The van der Waals surface area contributed by atoms with Crippen molar-refractivity contribution in [2.45, 2.75) is 68.9 Å². The zero-order chi connectivity index (χ0) is 18.3. The van der Waals surface area contributed by atoms with Gasteiger partial charge in [-0.05, 0) is 26.7 Å². The van der Waals surface area contributed by atoms with E-state index in [0.717, 1.165) is 0 Å². The Bertz CT molecular complexity index is 329. The van der Waals surface area contributed by atoms with Gasteiger partial charge in [-0.25, -0.2) is 0 Å². The molecule has 0 aromatic heterocycles. The van der Waals surface area contributed by atoms with Crippen molar-refractivity contribution in [2.24, 2.45) is 11.7 Å². The zero-order valence-corrected chi connectivity index (χ0v) is 15.7. The Hall–Kier alpha value is 0.180. The fourth-order valence-corrected chi connectivity index (χ4v) is 1.49. The van der Waals surface area contributed by atoms with Gasteiger partial charge in [-0.3, -0.25) is 4.79 Å². The molecule has 0 spiro atoms. The highest BCUT2D eigenvalue weighted by Gasteiger charge is 2.33. The number of rotatable bonds is 6. The van der Waals surface area contributed by atoms with E-state index in [1.807, 2.05) is 0 Å². The van der Waals surface area contributed by atoms with Crippen LogP contribution in [0.4, 0.5) is 0 Å². The van der Waals surface area contributed by atoms with E-state index in [1.54, 1.807) is 34.6 Å². The smallest absolute Gasteiger partial charge is 0.320 e. The molecular weight excluding hydrogens is 357 g/mol. The van der Waals surface area contributed by atoms with Gasteiger partial charge in [-0.15, -0.1) is 0 Å². The molecule has 22 heavy (non-hydrogen) atoms. The molecule has 134 valence electrons. The Balaban J connectivity index is 0. The van der Waals surface area contributed by atoms with Gasteiger partial charge < -0.3 is 25.8 Å². The van der Waals surface area contributed by atoms with Crippen molar-refractivity contribution >= 4 is 40.8 Å². The summed E-state index contributed by atoms with van der Waals surface area (Å²) in [5.74, 6) is -0.910. The molecule has 0 aliphatic carbocycles. The lowest BCUT2D eigenvalue weighted by molar-refractivity contribution is -0.141. The number of carboxylic acids is 1. The Morgan fingerprint density at radius 1 is 1.23 bits per heavy atom. The quantitative estimate of drug-likeness (QED) is 0.414. The number of carbonyl (C=O) groups is 1. The first kappa shape index (κ1) is 24.4. The minimum Gasteiger partial charge on any atom is -0.480 e. The molecule has 0 fully saturated rings. The molecule has 0 saturated carbocycles. The van der Waals surface area contributed by atoms with Gasteiger partial charge >= 0.3 is 5.97 Å². The van der Waals surface area contributed by atoms with Gasteiger partial charge in [-0.2, -0.15) is 0 Å². The molecule has 0 heterocycles. The highest BCUT2D eigenvalue weighted by atomic mass is 35.6. The fraction of sp³-hybridized carbons (Fsp3) is 0.923. The third kappa shape index (κ3) is 13.8. The lowest BCUT2D eigenvalue weighted by atomic mass is 10.0. The zero-order valence-electron chi connectivity index (χ0n) is 13.4. The third-order valence-electron chi connectivity index (χ3n) is 2.43. The SMILES string of the molecule is CC(C)[C@H](N)C(=O)O.CC(CC(C)(C)O)OC(O)C(Cl)(Cl)Cl. The maximum atomic E-state index is 10.0. The molecule has 6 nitrogen and oxygen atoms in total. The van der Waals surface area contributed by atoms with Crippen LogP contribution >= 0.6 is 34.8 Å². The van der Waals surface area contributed by atoms with Gasteiger partial charge in [0.2, 0.25) is 10.1 Å². The minimum absolute atomic E-state index is 0.0208. The Kier molecular flexibility index (Phi) is 11.2. The molecule has 0 aromatic carbocycles. The van der Waals surface area contributed by atoms with Gasteiger partial charge in [0, 0.05) is 6.42 Å². The summed E-state index contributed by atoms with van der Waals surface area (Å²) in [6.07, 6.45) is -1.56. The van der Waals surface area contributed by atoms with Crippen LogP contribution in [-0.2, 0) is 9.53 Å². The molecule has 2 unspecified atom stereocenters. The van der Waals surface area contributed by atoms with Crippen molar-refractivity contribution in [3.05, 3.63) is 0 Å². The van der Waals surface area contributed by atoms with Crippen LogP contribution in [0.25, 0.3) is 0 Å². The second-order valence-electron chi connectivity index (χ2n) is 5.97. The normalized spacial score (nSPS) is 16.5. The number of aliphatic hydroxyl groups excluding tert-OH is 1. The van der Waals surface area contributed by atoms with Gasteiger partial charge in [0.25, 0.3) is 0 Å². The molecular formula is C13H26Cl3NO5.